The summed E-state index contributed by atoms with van der Waals surface area (Å²) in [5, 5.41) is 2.61. The largest absolute Gasteiger partial charge is 0.353 e. The maximum Gasteiger partial charge on any atom is 0.251 e. The van der Waals surface area contributed by atoms with Crippen molar-refractivity contribution in [2.45, 2.75) is 19.4 Å². The molecule has 0 bridgehead atoms. The maximum atomic E-state index is 11.9. The number of amides is 1. The molecule has 0 aromatic heterocycles. The topological polar surface area (TPSA) is 32.3 Å². The van der Waals surface area contributed by atoms with Gasteiger partial charge in [0.15, 0.2) is 0 Å². The van der Waals surface area contributed by atoms with Crippen molar-refractivity contribution in [3.05, 3.63) is 0 Å². The minimum absolute atomic E-state index is 0.165. The summed E-state index contributed by atoms with van der Waals surface area (Å²) < 4.78 is 23.9. The predicted molar refractivity (Wildman–Crippen MR) is 40.0 cm³/mol. The third-order valence-corrected chi connectivity index (χ3v) is 2.00. The molecule has 1 aliphatic heterocycles. The molecule has 1 unspecified atom stereocenters. The van der Waals surface area contributed by atoms with E-state index in [1.807, 2.05) is 0 Å². The number of piperazine rings is 1. The highest BCUT2D eigenvalue weighted by molar-refractivity contribution is 5.81. The minimum Gasteiger partial charge on any atom is -0.353 e. The lowest BCUT2D eigenvalue weighted by atomic mass is 10.2. The highest BCUT2D eigenvalue weighted by Crippen LogP contribution is 2.06. The van der Waals surface area contributed by atoms with Crippen LogP contribution in [0, 0.1) is 0 Å². The van der Waals surface area contributed by atoms with Gasteiger partial charge in [0.25, 0.3) is 6.43 Å². The van der Waals surface area contributed by atoms with E-state index in [1.165, 1.54) is 4.90 Å². The van der Waals surface area contributed by atoms with Crippen molar-refractivity contribution in [2.75, 3.05) is 19.6 Å². The number of rotatable bonds is 2. The molecule has 0 saturated carbocycles. The van der Waals surface area contributed by atoms with Crippen LogP contribution < -0.4 is 5.32 Å². The van der Waals surface area contributed by atoms with Crippen molar-refractivity contribution in [3.63, 3.8) is 0 Å². The van der Waals surface area contributed by atoms with E-state index >= 15 is 0 Å². The van der Waals surface area contributed by atoms with Gasteiger partial charge in [0, 0.05) is 13.1 Å². The molecule has 0 spiro atoms. The van der Waals surface area contributed by atoms with Gasteiger partial charge in [-0.2, -0.15) is 0 Å². The van der Waals surface area contributed by atoms with Gasteiger partial charge < -0.3 is 5.32 Å². The second-order valence-electron chi connectivity index (χ2n) is 2.85. The number of hydrogen-bond acceptors (Lipinski definition) is 2. The van der Waals surface area contributed by atoms with Crippen LogP contribution in [0.15, 0.2) is 0 Å². The summed E-state index contributed by atoms with van der Waals surface area (Å²) in [6, 6.07) is -0.423. The fourth-order valence-corrected chi connectivity index (χ4v) is 1.26. The first kappa shape index (κ1) is 9.38. The van der Waals surface area contributed by atoms with Gasteiger partial charge in [-0.1, -0.05) is 0 Å². The van der Waals surface area contributed by atoms with Crippen LogP contribution in [-0.4, -0.2) is 42.9 Å². The second-order valence-corrected chi connectivity index (χ2v) is 2.85. The third kappa shape index (κ3) is 2.14. The number of hydrogen-bond donors (Lipinski definition) is 1. The van der Waals surface area contributed by atoms with Crippen LogP contribution in [0.25, 0.3) is 0 Å². The van der Waals surface area contributed by atoms with Gasteiger partial charge in [-0.05, 0) is 6.92 Å². The van der Waals surface area contributed by atoms with Crippen LogP contribution in [0.1, 0.15) is 6.92 Å². The number of halogens is 2. The molecule has 1 N–H and O–H groups in total. The van der Waals surface area contributed by atoms with Gasteiger partial charge in [-0.25, -0.2) is 8.78 Å². The lowest BCUT2D eigenvalue weighted by Gasteiger charge is -2.32. The lowest BCUT2D eigenvalue weighted by Crippen LogP contribution is -2.54. The first-order chi connectivity index (χ1) is 5.61. The molecule has 5 heteroatoms. The number of carbonyl (C=O) groups excluding carboxylic acids is 1. The van der Waals surface area contributed by atoms with Crippen LogP contribution in [-0.2, 0) is 4.79 Å². The Morgan fingerprint density at radius 1 is 1.75 bits per heavy atom. The average molecular weight is 178 g/mol. The second kappa shape index (κ2) is 3.80. The summed E-state index contributed by atoms with van der Waals surface area (Å²) >= 11 is 0. The Bertz CT molecular complexity index is 175. The molecule has 0 aromatic rings. The Morgan fingerprint density at radius 2 is 2.42 bits per heavy atom. The molecule has 1 atom stereocenters. The maximum absolute atomic E-state index is 11.9. The lowest BCUT2D eigenvalue weighted by molar-refractivity contribution is -0.129. The predicted octanol–water partition coefficient (Wildman–Crippen LogP) is 0.0718. The molecule has 0 aliphatic carbocycles. The fraction of sp³-hybridized carbons (Fsp3) is 0.857. The first-order valence-corrected chi connectivity index (χ1v) is 3.91. The molecule has 1 heterocycles. The van der Waals surface area contributed by atoms with Gasteiger partial charge >= 0.3 is 0 Å². The fourth-order valence-electron chi connectivity index (χ4n) is 1.26. The quantitative estimate of drug-likeness (QED) is 0.649. The van der Waals surface area contributed by atoms with Crippen LogP contribution in [0.2, 0.25) is 0 Å². The van der Waals surface area contributed by atoms with E-state index in [2.05, 4.69) is 5.32 Å². The summed E-state index contributed by atoms with van der Waals surface area (Å²) in [7, 11) is 0. The molecular formula is C7H12F2N2O. The van der Waals surface area contributed by atoms with Crippen molar-refractivity contribution in [3.8, 4) is 0 Å². The molecule has 1 fully saturated rings. The molecule has 0 radical (unpaired) electrons. The highest BCUT2D eigenvalue weighted by atomic mass is 19.3. The summed E-state index contributed by atoms with van der Waals surface area (Å²) in [6.07, 6.45) is -2.36. The van der Waals surface area contributed by atoms with Crippen molar-refractivity contribution in [1.82, 2.24) is 10.2 Å². The van der Waals surface area contributed by atoms with E-state index < -0.39 is 12.5 Å². The number of alkyl halides is 2. The Morgan fingerprint density at radius 3 is 3.00 bits per heavy atom. The Labute approximate surface area is 69.7 Å². The van der Waals surface area contributed by atoms with Gasteiger partial charge in [0.1, 0.15) is 0 Å². The average Bonchev–Trinajstić information content (AvgIpc) is 1.98. The number of carbonyl (C=O) groups is 1. The minimum atomic E-state index is -2.36. The molecule has 0 aromatic carbocycles. The Kier molecular flexibility index (Phi) is 2.97. The van der Waals surface area contributed by atoms with Crippen molar-refractivity contribution < 1.29 is 13.6 Å². The van der Waals surface area contributed by atoms with Crippen LogP contribution in [0.3, 0.4) is 0 Å². The normalized spacial score (nSPS) is 26.0. The van der Waals surface area contributed by atoms with Crippen LogP contribution >= 0.6 is 0 Å². The monoisotopic (exact) mass is 178 g/mol. The summed E-state index contributed by atoms with van der Waals surface area (Å²) in [6.45, 7) is 2.30. The smallest absolute Gasteiger partial charge is 0.251 e. The zero-order valence-electron chi connectivity index (χ0n) is 6.89. The molecular weight excluding hydrogens is 166 g/mol. The summed E-state index contributed by atoms with van der Waals surface area (Å²) in [5.41, 5.74) is 0. The van der Waals surface area contributed by atoms with Crippen molar-refractivity contribution in [2.24, 2.45) is 0 Å². The van der Waals surface area contributed by atoms with Crippen molar-refractivity contribution in [1.29, 1.82) is 0 Å². The molecule has 1 amide bonds. The molecule has 1 aliphatic rings. The van der Waals surface area contributed by atoms with Gasteiger partial charge in [-0.3, -0.25) is 9.69 Å². The zero-order valence-corrected chi connectivity index (χ0v) is 6.89. The molecule has 3 nitrogen and oxygen atoms in total. The standard InChI is InChI=1S/C7H12F2N2O/c1-5-7(12)10-2-3-11(5)4-6(8)9/h5-6H,2-4H2,1H3,(H,10,12). The third-order valence-electron chi connectivity index (χ3n) is 2.00. The molecule has 70 valence electrons. The first-order valence-electron chi connectivity index (χ1n) is 3.91. The van der Waals surface area contributed by atoms with E-state index in [4.69, 9.17) is 0 Å². The van der Waals surface area contributed by atoms with Crippen LogP contribution in [0.4, 0.5) is 8.78 Å². The molecule has 1 rings (SSSR count). The summed E-state index contributed by atoms with van der Waals surface area (Å²) in [4.78, 5) is 12.5. The SMILES string of the molecule is CC1C(=O)NCCN1CC(F)F. The van der Waals surface area contributed by atoms with Crippen molar-refractivity contribution >= 4 is 5.91 Å². The molecule has 12 heavy (non-hydrogen) atoms. The van der Waals surface area contributed by atoms with E-state index in [-0.39, 0.29) is 12.5 Å². The Hall–Kier alpha value is -0.710. The zero-order chi connectivity index (χ0) is 9.14. The van der Waals surface area contributed by atoms with Gasteiger partial charge in [0.05, 0.1) is 12.6 Å². The highest BCUT2D eigenvalue weighted by Gasteiger charge is 2.26. The van der Waals surface area contributed by atoms with Crippen LogP contribution in [0.5, 0.6) is 0 Å². The van der Waals surface area contributed by atoms with E-state index in [9.17, 15) is 13.6 Å². The Balaban J connectivity index is 2.46. The molecule has 1 saturated heterocycles. The van der Waals surface area contributed by atoms with E-state index in [1.54, 1.807) is 6.92 Å². The van der Waals surface area contributed by atoms with E-state index in [0.717, 1.165) is 0 Å². The van der Waals surface area contributed by atoms with E-state index in [0.29, 0.717) is 13.1 Å². The number of nitrogens with zero attached hydrogens (tertiary/aromatic N) is 1. The number of nitrogens with one attached hydrogen (secondary N) is 1. The van der Waals surface area contributed by atoms with Gasteiger partial charge in [-0.15, -0.1) is 0 Å². The van der Waals surface area contributed by atoms with Gasteiger partial charge in [0.2, 0.25) is 5.91 Å². The summed E-state index contributed by atoms with van der Waals surface area (Å²) in [5.74, 6) is -0.165.